The summed E-state index contributed by atoms with van der Waals surface area (Å²) in [5.74, 6) is -0.0634. The van der Waals surface area contributed by atoms with Gasteiger partial charge in [-0.25, -0.2) is 14.5 Å². The Balaban J connectivity index is 2.49. The Kier molecular flexibility index (Phi) is 5.27. The molecule has 2 heterocycles. The molecule has 2 N–H and O–H groups in total. The smallest absolute Gasteiger partial charge is 0.341 e. The molecule has 23 heavy (non-hydrogen) atoms. The number of ether oxygens (including phenoxy) is 2. The highest BCUT2D eigenvalue weighted by Crippen LogP contribution is 2.27. The number of methoxy groups -OCH3 is 1. The predicted octanol–water partition coefficient (Wildman–Crippen LogP) is 1.61. The first-order valence-electron chi connectivity index (χ1n) is 6.62. The fourth-order valence-electron chi connectivity index (χ4n) is 1.82. The second-order valence-corrected chi connectivity index (χ2v) is 5.01. The molecular weight excluding hydrogens is 368 g/mol. The van der Waals surface area contributed by atoms with Crippen LogP contribution < -0.4 is 10.1 Å². The Bertz CT molecular complexity index is 745. The van der Waals surface area contributed by atoms with Gasteiger partial charge in [0, 0.05) is 13.2 Å². The van der Waals surface area contributed by atoms with Gasteiger partial charge in [-0.15, -0.1) is 0 Å². The number of carbonyl (C=O) groups excluding carboxylic acids is 1. The van der Waals surface area contributed by atoms with Crippen molar-refractivity contribution in [1.29, 1.82) is 5.41 Å². The SMILES string of the molecule is CCOC(=O)c1cnn(-c2nc(OC)c(NC)c(C(=N)Br)n2)c1. The molecule has 0 saturated carbocycles. The molecule has 0 amide bonds. The number of anilines is 1. The number of carbonyl (C=O) groups is 1. The van der Waals surface area contributed by atoms with Gasteiger partial charge in [0.05, 0.1) is 25.5 Å². The van der Waals surface area contributed by atoms with E-state index in [-0.39, 0.29) is 28.6 Å². The topological polar surface area (TPSA) is 115 Å². The Morgan fingerprint density at radius 3 is 2.78 bits per heavy atom. The van der Waals surface area contributed by atoms with E-state index in [0.717, 1.165) is 0 Å². The van der Waals surface area contributed by atoms with E-state index in [4.69, 9.17) is 14.9 Å². The van der Waals surface area contributed by atoms with E-state index in [1.165, 1.54) is 24.2 Å². The van der Waals surface area contributed by atoms with Crippen LogP contribution in [0.5, 0.6) is 5.88 Å². The van der Waals surface area contributed by atoms with Crippen molar-refractivity contribution in [2.75, 3.05) is 26.1 Å². The summed E-state index contributed by atoms with van der Waals surface area (Å²) in [4.78, 5) is 20.2. The van der Waals surface area contributed by atoms with Crippen molar-refractivity contribution in [2.24, 2.45) is 0 Å². The van der Waals surface area contributed by atoms with Crippen LogP contribution in [0, 0.1) is 5.41 Å². The van der Waals surface area contributed by atoms with Crippen LogP contribution in [0.15, 0.2) is 12.4 Å². The molecule has 10 heteroatoms. The van der Waals surface area contributed by atoms with Crippen molar-refractivity contribution >= 4 is 32.2 Å². The highest BCUT2D eigenvalue weighted by molar-refractivity contribution is 9.18. The third kappa shape index (κ3) is 3.47. The standard InChI is InChI=1S/C13H15BrN6O3/c1-4-23-12(21)7-5-17-20(6-7)13-18-8(10(14)15)9(16-2)11(19-13)22-3/h5-6,15-16H,4H2,1-3H3. The molecule has 2 rings (SSSR count). The van der Waals surface area contributed by atoms with Gasteiger partial charge in [0.15, 0.2) is 0 Å². The molecule has 0 aliphatic rings. The molecule has 0 aromatic carbocycles. The van der Waals surface area contributed by atoms with E-state index >= 15 is 0 Å². The molecule has 0 spiro atoms. The molecule has 9 nitrogen and oxygen atoms in total. The third-order valence-corrected chi connectivity index (χ3v) is 3.19. The van der Waals surface area contributed by atoms with Crippen LogP contribution in [0.1, 0.15) is 23.0 Å². The summed E-state index contributed by atoms with van der Waals surface area (Å²) >= 11 is 3.09. The largest absolute Gasteiger partial charge is 0.479 e. The van der Waals surface area contributed by atoms with Crippen molar-refractivity contribution in [3.05, 3.63) is 23.7 Å². The molecular formula is C13H15BrN6O3. The third-order valence-electron chi connectivity index (χ3n) is 2.81. The number of nitrogens with zero attached hydrogens (tertiary/aromatic N) is 4. The number of nitrogens with one attached hydrogen (secondary N) is 2. The fourth-order valence-corrected chi connectivity index (χ4v) is 2.10. The van der Waals surface area contributed by atoms with Crippen molar-refractivity contribution in [2.45, 2.75) is 6.92 Å². The maximum Gasteiger partial charge on any atom is 0.341 e. The average Bonchev–Trinajstić information content (AvgIpc) is 3.03. The normalized spacial score (nSPS) is 10.3. The lowest BCUT2D eigenvalue weighted by molar-refractivity contribution is 0.0526. The molecule has 0 aliphatic heterocycles. The second-order valence-electron chi connectivity index (χ2n) is 4.21. The Morgan fingerprint density at radius 1 is 1.48 bits per heavy atom. The van der Waals surface area contributed by atoms with Crippen LogP contribution >= 0.6 is 15.9 Å². The van der Waals surface area contributed by atoms with Gasteiger partial charge in [0.1, 0.15) is 16.0 Å². The average molecular weight is 383 g/mol. The van der Waals surface area contributed by atoms with Crippen molar-refractivity contribution < 1.29 is 14.3 Å². The van der Waals surface area contributed by atoms with Crippen molar-refractivity contribution in [3.8, 4) is 11.8 Å². The van der Waals surface area contributed by atoms with Crippen LogP contribution in [0.4, 0.5) is 5.69 Å². The molecule has 0 unspecified atom stereocenters. The van der Waals surface area contributed by atoms with Crippen molar-refractivity contribution in [1.82, 2.24) is 19.7 Å². The van der Waals surface area contributed by atoms with Crippen LogP contribution in [-0.2, 0) is 4.74 Å². The number of rotatable bonds is 6. The van der Waals surface area contributed by atoms with Gasteiger partial charge in [-0.2, -0.15) is 10.1 Å². The lowest BCUT2D eigenvalue weighted by Gasteiger charge is -2.12. The summed E-state index contributed by atoms with van der Waals surface area (Å²) < 4.78 is 11.5. The monoisotopic (exact) mass is 382 g/mol. The maximum absolute atomic E-state index is 11.7. The van der Waals surface area contributed by atoms with Crippen molar-refractivity contribution in [3.63, 3.8) is 0 Å². The molecule has 0 radical (unpaired) electrons. The lowest BCUT2D eigenvalue weighted by Crippen LogP contribution is -2.11. The summed E-state index contributed by atoms with van der Waals surface area (Å²) in [6, 6.07) is 0. The summed E-state index contributed by atoms with van der Waals surface area (Å²) in [6.07, 6.45) is 2.81. The van der Waals surface area contributed by atoms with Gasteiger partial charge in [0.25, 0.3) is 5.95 Å². The fraction of sp³-hybridized carbons (Fsp3) is 0.308. The molecule has 2 aromatic heterocycles. The van der Waals surface area contributed by atoms with Gasteiger partial charge < -0.3 is 14.8 Å². The van der Waals surface area contributed by atoms with Gasteiger partial charge in [-0.1, -0.05) is 0 Å². The maximum atomic E-state index is 11.7. The van der Waals surface area contributed by atoms with Crippen LogP contribution in [0.25, 0.3) is 5.95 Å². The molecule has 2 aromatic rings. The van der Waals surface area contributed by atoms with E-state index < -0.39 is 5.97 Å². The minimum absolute atomic E-state index is 0.0570. The zero-order chi connectivity index (χ0) is 17.0. The quantitative estimate of drug-likeness (QED) is 0.575. The predicted molar refractivity (Wildman–Crippen MR) is 87.0 cm³/mol. The highest BCUT2D eigenvalue weighted by atomic mass is 79.9. The van der Waals surface area contributed by atoms with E-state index in [9.17, 15) is 4.79 Å². The Morgan fingerprint density at radius 2 is 2.22 bits per heavy atom. The zero-order valence-electron chi connectivity index (χ0n) is 12.8. The van der Waals surface area contributed by atoms with Gasteiger partial charge in [-0.05, 0) is 22.9 Å². The molecule has 0 fully saturated rings. The molecule has 0 saturated heterocycles. The summed E-state index contributed by atoms with van der Waals surface area (Å²) in [7, 11) is 3.13. The molecule has 0 bridgehead atoms. The Labute approximate surface area is 140 Å². The minimum Gasteiger partial charge on any atom is -0.479 e. The number of hydrogen-bond acceptors (Lipinski definition) is 8. The number of halogens is 1. The number of hydrogen-bond donors (Lipinski definition) is 2. The van der Waals surface area contributed by atoms with Gasteiger partial charge in [0.2, 0.25) is 5.88 Å². The first kappa shape index (κ1) is 16.9. The lowest BCUT2D eigenvalue weighted by atomic mass is 10.3. The van der Waals surface area contributed by atoms with Gasteiger partial charge in [-0.3, -0.25) is 5.41 Å². The highest BCUT2D eigenvalue weighted by Gasteiger charge is 2.19. The van der Waals surface area contributed by atoms with Gasteiger partial charge >= 0.3 is 5.97 Å². The zero-order valence-corrected chi connectivity index (χ0v) is 14.3. The van der Waals surface area contributed by atoms with E-state index in [1.807, 2.05) is 0 Å². The second kappa shape index (κ2) is 7.18. The molecule has 0 aliphatic carbocycles. The molecule has 0 atom stereocenters. The van der Waals surface area contributed by atoms with E-state index in [0.29, 0.717) is 11.4 Å². The minimum atomic E-state index is -0.481. The van der Waals surface area contributed by atoms with E-state index in [2.05, 4.69) is 36.3 Å². The van der Waals surface area contributed by atoms with Crippen LogP contribution in [0.3, 0.4) is 0 Å². The summed E-state index contributed by atoms with van der Waals surface area (Å²) in [5, 5.41) is 14.7. The number of esters is 1. The van der Waals surface area contributed by atoms with Crippen LogP contribution in [-0.4, -0.2) is 51.1 Å². The Hall–Kier alpha value is -2.49. The first-order valence-corrected chi connectivity index (χ1v) is 7.41. The summed E-state index contributed by atoms with van der Waals surface area (Å²) in [5.41, 5.74) is 1.06. The number of aromatic nitrogens is 4. The summed E-state index contributed by atoms with van der Waals surface area (Å²) in [6.45, 7) is 2.00. The van der Waals surface area contributed by atoms with Crippen LogP contribution in [0.2, 0.25) is 0 Å². The van der Waals surface area contributed by atoms with E-state index in [1.54, 1.807) is 14.0 Å². The molecule has 122 valence electrons. The first-order chi connectivity index (χ1) is 11.0.